The van der Waals surface area contributed by atoms with Crippen molar-refractivity contribution in [3.05, 3.63) is 23.2 Å². The van der Waals surface area contributed by atoms with Crippen molar-refractivity contribution < 1.29 is 19.1 Å². The summed E-state index contributed by atoms with van der Waals surface area (Å²) < 4.78 is 5.15. The molecule has 1 heterocycles. The van der Waals surface area contributed by atoms with Gasteiger partial charge in [-0.25, -0.2) is 0 Å². The van der Waals surface area contributed by atoms with Crippen LogP contribution in [-0.4, -0.2) is 35.5 Å². The van der Waals surface area contributed by atoms with Crippen LogP contribution >= 0.6 is 0 Å². The van der Waals surface area contributed by atoms with E-state index < -0.39 is 5.97 Å². The first kappa shape index (κ1) is 14.3. The molecule has 0 fully saturated rings. The van der Waals surface area contributed by atoms with Gasteiger partial charge < -0.3 is 14.4 Å². The van der Waals surface area contributed by atoms with Crippen molar-refractivity contribution in [2.45, 2.75) is 33.1 Å². The summed E-state index contributed by atoms with van der Waals surface area (Å²) >= 11 is 0. The van der Waals surface area contributed by atoms with Crippen LogP contribution in [0.2, 0.25) is 0 Å². The van der Waals surface area contributed by atoms with E-state index in [4.69, 9.17) is 9.52 Å². The van der Waals surface area contributed by atoms with Crippen LogP contribution in [0.25, 0.3) is 0 Å². The molecule has 0 bridgehead atoms. The number of carbonyl (C=O) groups excluding carboxylic acids is 1. The summed E-state index contributed by atoms with van der Waals surface area (Å²) in [7, 11) is 1.72. The van der Waals surface area contributed by atoms with Crippen LogP contribution in [-0.2, 0) is 11.2 Å². The summed E-state index contributed by atoms with van der Waals surface area (Å²) in [6.45, 7) is 4.46. The van der Waals surface area contributed by atoms with E-state index in [0.29, 0.717) is 17.7 Å². The number of rotatable bonds is 6. The fourth-order valence-corrected chi connectivity index (χ4v) is 1.74. The zero-order valence-corrected chi connectivity index (χ0v) is 11.0. The standard InChI is InChI=1S/C13H19NO4/c1-4-5-6-14(3)13(17)12-9(2)8-18-10(12)7-11(15)16/h8H,4-7H2,1-3H3,(H,15,16). The second-order valence-corrected chi connectivity index (χ2v) is 4.37. The quantitative estimate of drug-likeness (QED) is 0.842. The Hall–Kier alpha value is -1.78. The number of carboxylic acid groups (broad SMARTS) is 1. The van der Waals surface area contributed by atoms with Crippen molar-refractivity contribution in [1.29, 1.82) is 0 Å². The topological polar surface area (TPSA) is 70.8 Å². The smallest absolute Gasteiger partial charge is 0.311 e. The molecule has 1 N–H and O–H groups in total. The van der Waals surface area contributed by atoms with E-state index in [0.717, 1.165) is 12.8 Å². The Balaban J connectivity index is 2.90. The lowest BCUT2D eigenvalue weighted by atomic mass is 10.1. The summed E-state index contributed by atoms with van der Waals surface area (Å²) in [6, 6.07) is 0. The fraction of sp³-hybridized carbons (Fsp3) is 0.538. The maximum absolute atomic E-state index is 12.2. The third kappa shape index (κ3) is 3.35. The second-order valence-electron chi connectivity index (χ2n) is 4.37. The van der Waals surface area contributed by atoms with Gasteiger partial charge in [-0.15, -0.1) is 0 Å². The maximum Gasteiger partial charge on any atom is 0.311 e. The van der Waals surface area contributed by atoms with Crippen LogP contribution < -0.4 is 0 Å². The normalized spacial score (nSPS) is 10.4. The lowest BCUT2D eigenvalue weighted by Crippen LogP contribution is -2.28. The summed E-state index contributed by atoms with van der Waals surface area (Å²) in [5.74, 6) is -0.950. The number of amides is 1. The molecule has 5 nitrogen and oxygen atoms in total. The van der Waals surface area contributed by atoms with Crippen LogP contribution in [0.3, 0.4) is 0 Å². The molecule has 5 heteroatoms. The van der Waals surface area contributed by atoms with Crippen molar-refractivity contribution in [3.63, 3.8) is 0 Å². The first-order chi connectivity index (χ1) is 8.47. The molecule has 0 aliphatic rings. The SMILES string of the molecule is CCCCN(C)C(=O)c1c(C)coc1CC(=O)O. The summed E-state index contributed by atoms with van der Waals surface area (Å²) in [4.78, 5) is 24.5. The van der Waals surface area contributed by atoms with Gasteiger partial charge in [0.05, 0.1) is 11.8 Å². The molecule has 18 heavy (non-hydrogen) atoms. The Morgan fingerprint density at radius 1 is 1.44 bits per heavy atom. The molecule has 0 spiro atoms. The van der Waals surface area contributed by atoms with Crippen LogP contribution in [0.15, 0.2) is 10.7 Å². The molecule has 0 atom stereocenters. The molecule has 1 aromatic rings. The average Bonchev–Trinajstić information content (AvgIpc) is 2.65. The van der Waals surface area contributed by atoms with Gasteiger partial charge in [-0.2, -0.15) is 0 Å². The Morgan fingerprint density at radius 2 is 2.11 bits per heavy atom. The minimum absolute atomic E-state index is 0.175. The number of hydrogen-bond acceptors (Lipinski definition) is 3. The van der Waals surface area contributed by atoms with Crippen molar-refractivity contribution in [2.75, 3.05) is 13.6 Å². The minimum Gasteiger partial charge on any atom is -0.481 e. The molecule has 0 unspecified atom stereocenters. The molecule has 1 aromatic heterocycles. The van der Waals surface area contributed by atoms with Gasteiger partial charge in [0, 0.05) is 19.2 Å². The van der Waals surface area contributed by atoms with Gasteiger partial charge in [-0.05, 0) is 13.3 Å². The van der Waals surface area contributed by atoms with Gasteiger partial charge >= 0.3 is 5.97 Å². The Bertz CT molecular complexity index is 436. The van der Waals surface area contributed by atoms with Gasteiger partial charge in [-0.1, -0.05) is 13.3 Å². The monoisotopic (exact) mass is 253 g/mol. The van der Waals surface area contributed by atoms with E-state index in [9.17, 15) is 9.59 Å². The first-order valence-electron chi connectivity index (χ1n) is 6.01. The molecule has 0 aromatic carbocycles. The Morgan fingerprint density at radius 3 is 2.67 bits per heavy atom. The summed E-state index contributed by atoms with van der Waals surface area (Å²) in [5.41, 5.74) is 1.07. The number of carboxylic acids is 1. The number of nitrogens with zero attached hydrogens (tertiary/aromatic N) is 1. The Kier molecular flexibility index (Phi) is 4.95. The van der Waals surface area contributed by atoms with Crippen molar-refractivity contribution in [2.24, 2.45) is 0 Å². The van der Waals surface area contributed by atoms with Crippen LogP contribution in [0, 0.1) is 6.92 Å². The van der Waals surface area contributed by atoms with Gasteiger partial charge in [0.2, 0.25) is 0 Å². The average molecular weight is 253 g/mol. The third-order valence-electron chi connectivity index (χ3n) is 2.77. The molecular formula is C13H19NO4. The summed E-state index contributed by atoms with van der Waals surface area (Å²) in [6.07, 6.45) is 3.09. The third-order valence-corrected chi connectivity index (χ3v) is 2.77. The number of aliphatic carboxylic acids is 1. The molecule has 0 saturated heterocycles. The molecule has 0 aliphatic carbocycles. The molecular weight excluding hydrogens is 234 g/mol. The van der Waals surface area contributed by atoms with Gasteiger partial charge in [0.15, 0.2) is 0 Å². The maximum atomic E-state index is 12.2. The Labute approximate surface area is 106 Å². The van der Waals surface area contributed by atoms with Gasteiger partial charge in [-0.3, -0.25) is 9.59 Å². The number of carbonyl (C=O) groups is 2. The molecule has 1 rings (SSSR count). The highest BCUT2D eigenvalue weighted by Crippen LogP contribution is 2.19. The van der Waals surface area contributed by atoms with Gasteiger partial charge in [0.25, 0.3) is 5.91 Å². The number of furan rings is 1. The van der Waals surface area contributed by atoms with E-state index in [1.165, 1.54) is 6.26 Å². The number of aryl methyl sites for hydroxylation is 1. The fourth-order valence-electron chi connectivity index (χ4n) is 1.74. The van der Waals surface area contributed by atoms with E-state index in [1.54, 1.807) is 18.9 Å². The van der Waals surface area contributed by atoms with E-state index in [-0.39, 0.29) is 18.1 Å². The number of hydrogen-bond donors (Lipinski definition) is 1. The predicted octanol–water partition coefficient (Wildman–Crippen LogP) is 2.09. The molecule has 1 amide bonds. The minimum atomic E-state index is -1.00. The summed E-state index contributed by atoms with van der Waals surface area (Å²) in [5, 5.41) is 8.78. The van der Waals surface area contributed by atoms with Crippen molar-refractivity contribution in [1.82, 2.24) is 4.90 Å². The van der Waals surface area contributed by atoms with E-state index >= 15 is 0 Å². The van der Waals surface area contributed by atoms with Crippen LogP contribution in [0.1, 0.15) is 41.4 Å². The zero-order chi connectivity index (χ0) is 13.7. The van der Waals surface area contributed by atoms with Crippen LogP contribution in [0.5, 0.6) is 0 Å². The van der Waals surface area contributed by atoms with E-state index in [2.05, 4.69) is 6.92 Å². The van der Waals surface area contributed by atoms with E-state index in [1.807, 2.05) is 0 Å². The highest BCUT2D eigenvalue weighted by atomic mass is 16.4. The molecule has 0 saturated carbocycles. The lowest BCUT2D eigenvalue weighted by Gasteiger charge is -2.17. The largest absolute Gasteiger partial charge is 0.481 e. The second kappa shape index (κ2) is 6.23. The zero-order valence-electron chi connectivity index (χ0n) is 11.0. The highest BCUT2D eigenvalue weighted by molar-refractivity contribution is 5.97. The molecule has 0 radical (unpaired) electrons. The highest BCUT2D eigenvalue weighted by Gasteiger charge is 2.22. The van der Waals surface area contributed by atoms with Gasteiger partial charge in [0.1, 0.15) is 12.2 Å². The predicted molar refractivity (Wildman–Crippen MR) is 66.7 cm³/mol. The lowest BCUT2D eigenvalue weighted by molar-refractivity contribution is -0.136. The van der Waals surface area contributed by atoms with Crippen molar-refractivity contribution >= 4 is 11.9 Å². The molecule has 100 valence electrons. The number of unbranched alkanes of at least 4 members (excludes halogenated alkanes) is 1. The molecule has 0 aliphatic heterocycles. The van der Waals surface area contributed by atoms with Crippen LogP contribution in [0.4, 0.5) is 0 Å². The van der Waals surface area contributed by atoms with Crippen molar-refractivity contribution in [3.8, 4) is 0 Å². The first-order valence-corrected chi connectivity index (χ1v) is 6.01.